The number of cyclic esters (lactones) is 1. The zero-order chi connectivity index (χ0) is 26.7. The van der Waals surface area contributed by atoms with Crippen molar-refractivity contribution in [3.05, 3.63) is 76.4 Å². The summed E-state index contributed by atoms with van der Waals surface area (Å²) in [5, 5.41) is 9.85. The SMILES string of the molecule is CCC(C(=O)OCC1(CO)C/C(=C\c2cc(C(F)(F)F)cc(C(F)(F)F)c2)C(=O)O1)c1ccccc1. The molecule has 0 bridgehead atoms. The van der Waals surface area contributed by atoms with Gasteiger partial charge in [0.1, 0.15) is 6.61 Å². The Kier molecular flexibility index (Phi) is 7.82. The summed E-state index contributed by atoms with van der Waals surface area (Å²) in [4.78, 5) is 25.0. The molecule has 2 atom stereocenters. The van der Waals surface area contributed by atoms with Gasteiger partial charge in [0.2, 0.25) is 0 Å². The number of ether oxygens (including phenoxy) is 2. The van der Waals surface area contributed by atoms with E-state index < -0.39 is 72.1 Å². The standard InChI is InChI=1S/C25H22F6O5/c1-2-20(16-6-4-3-5-7-16)22(34)35-14-23(13-32)12-17(21(33)36-23)8-15-9-18(24(26,27)28)11-19(10-15)25(29,30)31/h3-11,20,32H,2,12-14H2,1H3/b17-8+. The van der Waals surface area contributed by atoms with Crippen LogP contribution in [0.1, 0.15) is 47.9 Å². The summed E-state index contributed by atoms with van der Waals surface area (Å²) >= 11 is 0. The van der Waals surface area contributed by atoms with Crippen LogP contribution in [-0.2, 0) is 31.4 Å². The molecule has 0 aliphatic carbocycles. The number of alkyl halides is 6. The number of benzene rings is 2. The minimum Gasteiger partial charge on any atom is -0.461 e. The highest BCUT2D eigenvalue weighted by Crippen LogP contribution is 2.38. The molecule has 5 nitrogen and oxygen atoms in total. The van der Waals surface area contributed by atoms with E-state index in [0.717, 1.165) is 6.08 Å². The molecule has 11 heteroatoms. The van der Waals surface area contributed by atoms with Crippen molar-refractivity contribution < 1.29 is 50.5 Å². The Morgan fingerprint density at radius 3 is 2.17 bits per heavy atom. The molecule has 194 valence electrons. The number of esters is 2. The highest BCUT2D eigenvalue weighted by molar-refractivity contribution is 5.96. The second-order valence-corrected chi connectivity index (χ2v) is 8.40. The van der Waals surface area contributed by atoms with Crippen LogP contribution < -0.4 is 0 Å². The summed E-state index contributed by atoms with van der Waals surface area (Å²) in [6, 6.07) is 9.65. The van der Waals surface area contributed by atoms with E-state index in [9.17, 15) is 41.0 Å². The second-order valence-electron chi connectivity index (χ2n) is 8.40. The third kappa shape index (κ3) is 6.26. The van der Waals surface area contributed by atoms with Gasteiger partial charge in [-0.2, -0.15) is 26.3 Å². The Morgan fingerprint density at radius 2 is 1.67 bits per heavy atom. The Hall–Kier alpha value is -3.34. The maximum absolute atomic E-state index is 13.1. The summed E-state index contributed by atoms with van der Waals surface area (Å²) in [6.45, 7) is 0.425. The fraction of sp³-hybridized carbons (Fsp3) is 0.360. The maximum Gasteiger partial charge on any atom is 0.416 e. The summed E-state index contributed by atoms with van der Waals surface area (Å²) in [7, 11) is 0. The summed E-state index contributed by atoms with van der Waals surface area (Å²) in [6.07, 6.45) is -9.26. The predicted molar refractivity (Wildman–Crippen MR) is 115 cm³/mol. The molecule has 1 saturated heterocycles. The summed E-state index contributed by atoms with van der Waals surface area (Å²) in [5.41, 5.74) is -4.90. The molecule has 0 aromatic heterocycles. The summed E-state index contributed by atoms with van der Waals surface area (Å²) < 4.78 is 89.3. The monoisotopic (exact) mass is 516 g/mol. The lowest BCUT2D eigenvalue weighted by Gasteiger charge is -2.25. The van der Waals surface area contributed by atoms with Crippen molar-refractivity contribution in [2.24, 2.45) is 0 Å². The quantitative estimate of drug-likeness (QED) is 0.298. The normalized spacial score (nSPS) is 20.3. The zero-order valence-electron chi connectivity index (χ0n) is 18.9. The lowest BCUT2D eigenvalue weighted by Crippen LogP contribution is -2.39. The van der Waals surface area contributed by atoms with Gasteiger partial charge in [-0.15, -0.1) is 0 Å². The van der Waals surface area contributed by atoms with Crippen molar-refractivity contribution in [2.75, 3.05) is 13.2 Å². The van der Waals surface area contributed by atoms with E-state index in [0.29, 0.717) is 24.1 Å². The van der Waals surface area contributed by atoms with Crippen LogP contribution in [-0.4, -0.2) is 35.9 Å². The lowest BCUT2D eigenvalue weighted by molar-refractivity contribution is -0.167. The Bertz CT molecular complexity index is 1110. The highest BCUT2D eigenvalue weighted by Gasteiger charge is 2.45. The number of carbonyl (C=O) groups excluding carboxylic acids is 2. The molecule has 2 unspecified atom stereocenters. The molecule has 1 N–H and O–H groups in total. The van der Waals surface area contributed by atoms with Crippen molar-refractivity contribution in [3.8, 4) is 0 Å². The zero-order valence-corrected chi connectivity index (χ0v) is 18.9. The first kappa shape index (κ1) is 27.3. The van der Waals surface area contributed by atoms with Crippen LogP contribution in [0.4, 0.5) is 26.3 Å². The number of halogens is 6. The van der Waals surface area contributed by atoms with Crippen molar-refractivity contribution in [1.29, 1.82) is 0 Å². The number of aliphatic hydroxyl groups is 1. The van der Waals surface area contributed by atoms with Crippen LogP contribution in [0, 0.1) is 0 Å². The van der Waals surface area contributed by atoms with Gasteiger partial charge in [0, 0.05) is 12.0 Å². The lowest BCUT2D eigenvalue weighted by atomic mass is 9.95. The molecule has 1 heterocycles. The predicted octanol–water partition coefficient (Wildman–Crippen LogP) is 5.52. The van der Waals surface area contributed by atoms with Crippen molar-refractivity contribution >= 4 is 18.0 Å². The van der Waals surface area contributed by atoms with E-state index in [-0.39, 0.29) is 11.6 Å². The fourth-order valence-corrected chi connectivity index (χ4v) is 3.83. The van der Waals surface area contributed by atoms with Gasteiger partial charge in [-0.05, 0) is 41.8 Å². The van der Waals surface area contributed by atoms with Gasteiger partial charge in [-0.3, -0.25) is 4.79 Å². The first-order valence-electron chi connectivity index (χ1n) is 10.8. The number of aliphatic hydroxyl groups excluding tert-OH is 1. The topological polar surface area (TPSA) is 72.8 Å². The summed E-state index contributed by atoms with van der Waals surface area (Å²) in [5.74, 6) is -2.32. The smallest absolute Gasteiger partial charge is 0.416 e. The van der Waals surface area contributed by atoms with Gasteiger partial charge in [0.25, 0.3) is 0 Å². The number of hydrogen-bond donors (Lipinski definition) is 1. The Balaban J connectivity index is 1.83. The molecule has 2 aromatic carbocycles. The molecule has 3 rings (SSSR count). The maximum atomic E-state index is 13.1. The van der Waals surface area contributed by atoms with Crippen LogP contribution in [0.25, 0.3) is 6.08 Å². The third-order valence-electron chi connectivity index (χ3n) is 5.70. The van der Waals surface area contributed by atoms with Crippen molar-refractivity contribution in [2.45, 2.75) is 43.6 Å². The van der Waals surface area contributed by atoms with Crippen LogP contribution in [0.3, 0.4) is 0 Å². The molecular weight excluding hydrogens is 494 g/mol. The van der Waals surface area contributed by atoms with Crippen LogP contribution >= 0.6 is 0 Å². The molecule has 0 amide bonds. The Labute approximate surface area is 202 Å². The van der Waals surface area contributed by atoms with Crippen LogP contribution in [0.15, 0.2) is 54.1 Å². The van der Waals surface area contributed by atoms with E-state index in [1.807, 2.05) is 0 Å². The van der Waals surface area contributed by atoms with E-state index in [1.165, 1.54) is 0 Å². The average Bonchev–Trinajstić information content (AvgIpc) is 3.13. The second kappa shape index (κ2) is 10.3. The largest absolute Gasteiger partial charge is 0.461 e. The highest BCUT2D eigenvalue weighted by atomic mass is 19.4. The molecule has 0 spiro atoms. The molecule has 2 aromatic rings. The first-order chi connectivity index (χ1) is 16.8. The minimum atomic E-state index is -5.05. The fourth-order valence-electron chi connectivity index (χ4n) is 3.83. The number of rotatable bonds is 7. The Morgan fingerprint density at radius 1 is 1.08 bits per heavy atom. The van der Waals surface area contributed by atoms with Crippen molar-refractivity contribution in [3.63, 3.8) is 0 Å². The van der Waals surface area contributed by atoms with Gasteiger partial charge in [-0.25, -0.2) is 4.79 Å². The third-order valence-corrected chi connectivity index (χ3v) is 5.70. The molecule has 0 radical (unpaired) electrons. The molecule has 36 heavy (non-hydrogen) atoms. The average molecular weight is 516 g/mol. The van der Waals surface area contributed by atoms with E-state index >= 15 is 0 Å². The van der Waals surface area contributed by atoms with Gasteiger partial charge in [0.05, 0.1) is 23.7 Å². The molecule has 1 fully saturated rings. The van der Waals surface area contributed by atoms with Crippen LogP contribution in [0.5, 0.6) is 0 Å². The van der Waals surface area contributed by atoms with Crippen LogP contribution in [0.2, 0.25) is 0 Å². The first-order valence-corrected chi connectivity index (χ1v) is 10.8. The van der Waals surface area contributed by atoms with E-state index in [2.05, 4.69) is 0 Å². The molecule has 0 saturated carbocycles. The molecular formula is C25H22F6O5. The van der Waals surface area contributed by atoms with Gasteiger partial charge < -0.3 is 14.6 Å². The molecule has 1 aliphatic rings. The van der Waals surface area contributed by atoms with Gasteiger partial charge in [0.15, 0.2) is 5.60 Å². The molecule has 1 aliphatic heterocycles. The van der Waals surface area contributed by atoms with E-state index in [4.69, 9.17) is 9.47 Å². The number of carbonyl (C=O) groups is 2. The number of hydrogen-bond acceptors (Lipinski definition) is 5. The van der Waals surface area contributed by atoms with Crippen molar-refractivity contribution in [1.82, 2.24) is 0 Å². The van der Waals surface area contributed by atoms with Gasteiger partial charge >= 0.3 is 24.3 Å². The van der Waals surface area contributed by atoms with E-state index in [1.54, 1.807) is 37.3 Å². The minimum absolute atomic E-state index is 0.0245. The van der Waals surface area contributed by atoms with Gasteiger partial charge in [-0.1, -0.05) is 37.3 Å².